The minimum Gasteiger partial charge on any atom is -0.481 e. The van der Waals surface area contributed by atoms with Gasteiger partial charge in [-0.15, -0.1) is 0 Å². The summed E-state index contributed by atoms with van der Waals surface area (Å²) in [6.45, 7) is 3.65. The Hall–Kier alpha value is -2.08. The van der Waals surface area contributed by atoms with Gasteiger partial charge in [-0.1, -0.05) is 29.8 Å². The highest BCUT2D eigenvalue weighted by atomic mass is 16.5. The van der Waals surface area contributed by atoms with Crippen molar-refractivity contribution in [1.29, 1.82) is 0 Å². The van der Waals surface area contributed by atoms with E-state index in [1.54, 1.807) is 12.0 Å². The fourth-order valence-electron chi connectivity index (χ4n) is 3.08. The molecule has 0 bridgehead atoms. The molecule has 0 aliphatic carbocycles. The molecule has 1 aromatic rings. The zero-order chi connectivity index (χ0) is 17.6. The molecule has 1 aromatic carbocycles. The minimum absolute atomic E-state index is 0.210. The van der Waals surface area contributed by atoms with Crippen LogP contribution in [0, 0.1) is 12.3 Å². The largest absolute Gasteiger partial charge is 0.481 e. The van der Waals surface area contributed by atoms with Gasteiger partial charge in [0.25, 0.3) is 0 Å². The second kappa shape index (κ2) is 8.15. The summed E-state index contributed by atoms with van der Waals surface area (Å²) in [6, 6.07) is 7.75. The lowest BCUT2D eigenvalue weighted by Crippen LogP contribution is -2.52. The molecule has 1 unspecified atom stereocenters. The van der Waals surface area contributed by atoms with E-state index in [0.29, 0.717) is 39.0 Å². The molecule has 0 aromatic heterocycles. The molecule has 2 amide bonds. The average molecular weight is 334 g/mol. The molecular weight excluding hydrogens is 308 g/mol. The molecule has 1 saturated heterocycles. The Labute approximate surface area is 142 Å². The van der Waals surface area contributed by atoms with E-state index in [1.165, 1.54) is 5.56 Å². The van der Waals surface area contributed by atoms with E-state index in [9.17, 15) is 14.7 Å². The number of benzene rings is 1. The molecule has 0 radical (unpaired) electrons. The number of aryl methyl sites for hydroxylation is 1. The van der Waals surface area contributed by atoms with Crippen molar-refractivity contribution in [2.45, 2.75) is 32.7 Å². The number of ether oxygens (including phenoxy) is 1. The number of hydrogen-bond donors (Lipinski definition) is 2. The molecule has 0 spiro atoms. The lowest BCUT2D eigenvalue weighted by Gasteiger charge is -2.39. The Morgan fingerprint density at radius 3 is 2.67 bits per heavy atom. The third kappa shape index (κ3) is 4.47. The number of likely N-dealkylation sites (tertiary alicyclic amines) is 1. The van der Waals surface area contributed by atoms with Gasteiger partial charge in [-0.2, -0.15) is 0 Å². The molecule has 1 atom stereocenters. The molecule has 1 heterocycles. The summed E-state index contributed by atoms with van der Waals surface area (Å²) in [5, 5.41) is 12.5. The van der Waals surface area contributed by atoms with Gasteiger partial charge < -0.3 is 20.1 Å². The lowest BCUT2D eigenvalue weighted by molar-refractivity contribution is -0.153. The van der Waals surface area contributed by atoms with Crippen LogP contribution in [0.1, 0.15) is 30.4 Å². The van der Waals surface area contributed by atoms with Crippen molar-refractivity contribution < 1.29 is 19.4 Å². The van der Waals surface area contributed by atoms with Gasteiger partial charge in [-0.05, 0) is 31.7 Å². The number of nitrogens with one attached hydrogen (secondary N) is 1. The van der Waals surface area contributed by atoms with Gasteiger partial charge in [-0.3, -0.25) is 4.79 Å². The molecule has 132 valence electrons. The van der Waals surface area contributed by atoms with E-state index in [1.807, 2.05) is 31.2 Å². The van der Waals surface area contributed by atoms with Crippen LogP contribution in [0.4, 0.5) is 4.79 Å². The van der Waals surface area contributed by atoms with Crippen LogP contribution in [0.5, 0.6) is 0 Å². The maximum absolute atomic E-state index is 12.4. The van der Waals surface area contributed by atoms with Crippen LogP contribution in [0.15, 0.2) is 24.3 Å². The van der Waals surface area contributed by atoms with Gasteiger partial charge in [-0.25, -0.2) is 4.79 Å². The summed E-state index contributed by atoms with van der Waals surface area (Å²) >= 11 is 0. The highest BCUT2D eigenvalue weighted by Crippen LogP contribution is 2.34. The number of carbonyl (C=O) groups excluding carboxylic acids is 1. The van der Waals surface area contributed by atoms with Crippen molar-refractivity contribution in [3.63, 3.8) is 0 Å². The Balaban J connectivity index is 1.95. The zero-order valence-corrected chi connectivity index (χ0v) is 14.4. The first-order valence-electron chi connectivity index (χ1n) is 8.27. The number of hydrogen-bond acceptors (Lipinski definition) is 3. The van der Waals surface area contributed by atoms with E-state index in [-0.39, 0.29) is 12.6 Å². The molecular formula is C18H26N2O4. The first kappa shape index (κ1) is 18.3. The van der Waals surface area contributed by atoms with E-state index in [4.69, 9.17) is 4.74 Å². The topological polar surface area (TPSA) is 78.9 Å². The van der Waals surface area contributed by atoms with Gasteiger partial charge in [0.1, 0.15) is 0 Å². The fraction of sp³-hybridized carbons (Fsp3) is 0.556. The number of piperidine rings is 1. The molecule has 2 rings (SSSR count). The molecule has 6 heteroatoms. The third-order valence-corrected chi connectivity index (χ3v) is 4.67. The highest BCUT2D eigenvalue weighted by molar-refractivity contribution is 5.78. The number of nitrogens with zero attached hydrogens (tertiary/aromatic N) is 1. The normalized spacial score (nSPS) is 20.7. The van der Waals surface area contributed by atoms with Crippen LogP contribution in [0.2, 0.25) is 0 Å². The summed E-state index contributed by atoms with van der Waals surface area (Å²) in [7, 11) is 1.56. The van der Waals surface area contributed by atoms with Crippen molar-refractivity contribution in [1.82, 2.24) is 10.2 Å². The van der Waals surface area contributed by atoms with Crippen molar-refractivity contribution in [2.75, 3.05) is 26.8 Å². The SMILES string of the molecule is COCCC1(C(=O)O)CCCN(C(=O)NCc2ccc(C)cc2)C1. The van der Waals surface area contributed by atoms with E-state index < -0.39 is 11.4 Å². The van der Waals surface area contributed by atoms with Gasteiger partial charge in [0.15, 0.2) is 0 Å². The smallest absolute Gasteiger partial charge is 0.317 e. The molecule has 24 heavy (non-hydrogen) atoms. The molecule has 1 aliphatic heterocycles. The van der Waals surface area contributed by atoms with E-state index >= 15 is 0 Å². The first-order valence-corrected chi connectivity index (χ1v) is 8.27. The summed E-state index contributed by atoms with van der Waals surface area (Å²) in [5.41, 5.74) is 1.29. The molecule has 1 fully saturated rings. The number of rotatable bonds is 6. The highest BCUT2D eigenvalue weighted by Gasteiger charge is 2.43. The average Bonchev–Trinajstić information content (AvgIpc) is 2.59. The van der Waals surface area contributed by atoms with Gasteiger partial charge >= 0.3 is 12.0 Å². The monoisotopic (exact) mass is 334 g/mol. The number of urea groups is 1. The minimum atomic E-state index is -0.907. The van der Waals surface area contributed by atoms with Crippen LogP contribution < -0.4 is 5.32 Å². The van der Waals surface area contributed by atoms with Crippen LogP contribution in [-0.2, 0) is 16.1 Å². The fourth-order valence-corrected chi connectivity index (χ4v) is 3.08. The van der Waals surface area contributed by atoms with Gasteiger partial charge in [0.2, 0.25) is 0 Å². The Morgan fingerprint density at radius 2 is 2.04 bits per heavy atom. The van der Waals surface area contributed by atoms with Crippen molar-refractivity contribution in [2.24, 2.45) is 5.41 Å². The number of carboxylic acid groups (broad SMARTS) is 1. The second-order valence-electron chi connectivity index (χ2n) is 6.50. The maximum Gasteiger partial charge on any atom is 0.317 e. The number of methoxy groups -OCH3 is 1. The molecule has 0 saturated carbocycles. The summed E-state index contributed by atoms with van der Waals surface area (Å²) in [5.74, 6) is -0.851. The predicted octanol–water partition coefficient (Wildman–Crippen LogP) is 2.41. The standard InChI is InChI=1S/C18H26N2O4/c1-14-4-6-15(7-5-14)12-19-17(23)20-10-3-8-18(13-20,16(21)22)9-11-24-2/h4-7H,3,8-13H2,1-2H3,(H,19,23)(H,21,22). The number of aliphatic carboxylic acids is 1. The van der Waals surface area contributed by atoms with Crippen molar-refractivity contribution in [3.8, 4) is 0 Å². The molecule has 6 nitrogen and oxygen atoms in total. The number of carboxylic acids is 1. The van der Waals surface area contributed by atoms with E-state index in [2.05, 4.69) is 5.32 Å². The summed E-state index contributed by atoms with van der Waals surface area (Å²) < 4.78 is 5.05. The molecule has 1 aliphatic rings. The summed E-state index contributed by atoms with van der Waals surface area (Å²) in [4.78, 5) is 25.8. The van der Waals surface area contributed by atoms with Gasteiger partial charge in [0.05, 0.1) is 5.41 Å². The van der Waals surface area contributed by atoms with Crippen LogP contribution in [-0.4, -0.2) is 48.8 Å². The van der Waals surface area contributed by atoms with E-state index in [0.717, 1.165) is 5.56 Å². The van der Waals surface area contributed by atoms with Crippen molar-refractivity contribution >= 4 is 12.0 Å². The number of amides is 2. The quantitative estimate of drug-likeness (QED) is 0.837. The van der Waals surface area contributed by atoms with Crippen LogP contribution in [0.25, 0.3) is 0 Å². The Morgan fingerprint density at radius 1 is 1.33 bits per heavy atom. The lowest BCUT2D eigenvalue weighted by atomic mass is 9.77. The van der Waals surface area contributed by atoms with Crippen molar-refractivity contribution in [3.05, 3.63) is 35.4 Å². The van der Waals surface area contributed by atoms with Crippen LogP contribution >= 0.6 is 0 Å². The summed E-state index contributed by atoms with van der Waals surface area (Å²) in [6.07, 6.45) is 1.68. The number of carbonyl (C=O) groups is 2. The third-order valence-electron chi connectivity index (χ3n) is 4.67. The first-order chi connectivity index (χ1) is 11.5. The maximum atomic E-state index is 12.4. The zero-order valence-electron chi connectivity index (χ0n) is 14.4. The Bertz CT molecular complexity index is 573. The molecule has 2 N–H and O–H groups in total. The van der Waals surface area contributed by atoms with Crippen LogP contribution in [0.3, 0.4) is 0 Å². The Kier molecular flexibility index (Phi) is 6.20. The predicted molar refractivity (Wildman–Crippen MR) is 90.8 cm³/mol. The van der Waals surface area contributed by atoms with Gasteiger partial charge in [0, 0.05) is 33.4 Å². The second-order valence-corrected chi connectivity index (χ2v) is 6.50.